The Bertz CT molecular complexity index is 880. The average Bonchev–Trinajstić information content (AvgIpc) is 2.99. The van der Waals surface area contributed by atoms with Gasteiger partial charge in [0.2, 0.25) is 5.91 Å². The van der Waals surface area contributed by atoms with Gasteiger partial charge >= 0.3 is 0 Å². The SMILES string of the molecule is O=C(Cc1cn2ccsc2n1)N(C1CC1)C1CCc2ccccc21. The minimum absolute atomic E-state index is 0.227. The molecule has 0 N–H and O–H groups in total. The Balaban J connectivity index is 1.42. The molecule has 1 atom stereocenters. The molecule has 0 bridgehead atoms. The highest BCUT2D eigenvalue weighted by molar-refractivity contribution is 7.15. The predicted molar refractivity (Wildman–Crippen MR) is 94.1 cm³/mol. The maximum Gasteiger partial charge on any atom is 0.229 e. The first-order chi connectivity index (χ1) is 11.8. The quantitative estimate of drug-likeness (QED) is 0.729. The number of nitrogens with zero attached hydrogens (tertiary/aromatic N) is 3. The summed E-state index contributed by atoms with van der Waals surface area (Å²) >= 11 is 1.61. The Morgan fingerprint density at radius 1 is 1.29 bits per heavy atom. The van der Waals surface area contributed by atoms with Crippen LogP contribution in [0.15, 0.2) is 42.0 Å². The summed E-state index contributed by atoms with van der Waals surface area (Å²) in [5.41, 5.74) is 3.64. The van der Waals surface area contributed by atoms with Crippen molar-refractivity contribution in [3.05, 3.63) is 58.9 Å². The number of carbonyl (C=O) groups is 1. The number of aromatic nitrogens is 2. The molecular formula is C19H19N3OS. The van der Waals surface area contributed by atoms with E-state index in [0.717, 1.165) is 36.3 Å². The van der Waals surface area contributed by atoms with Gasteiger partial charge in [-0.3, -0.25) is 9.20 Å². The molecule has 0 radical (unpaired) electrons. The summed E-state index contributed by atoms with van der Waals surface area (Å²) in [4.78, 5) is 20.8. The number of thiazole rings is 1. The largest absolute Gasteiger partial charge is 0.332 e. The van der Waals surface area contributed by atoms with Crippen LogP contribution in [-0.4, -0.2) is 26.2 Å². The van der Waals surface area contributed by atoms with E-state index in [0.29, 0.717) is 12.5 Å². The summed E-state index contributed by atoms with van der Waals surface area (Å²) in [7, 11) is 0. The summed E-state index contributed by atoms with van der Waals surface area (Å²) in [6.07, 6.45) is 8.80. The monoisotopic (exact) mass is 337 g/mol. The number of carbonyl (C=O) groups excluding carboxylic acids is 1. The molecule has 1 fully saturated rings. The van der Waals surface area contributed by atoms with E-state index in [4.69, 9.17) is 0 Å². The summed E-state index contributed by atoms with van der Waals surface area (Å²) in [6.45, 7) is 0. The van der Waals surface area contributed by atoms with Gasteiger partial charge in [-0.25, -0.2) is 4.98 Å². The van der Waals surface area contributed by atoms with E-state index in [2.05, 4.69) is 34.1 Å². The van der Waals surface area contributed by atoms with Gasteiger partial charge < -0.3 is 4.90 Å². The maximum atomic E-state index is 13.1. The lowest BCUT2D eigenvalue weighted by Gasteiger charge is -2.30. The van der Waals surface area contributed by atoms with Crippen molar-refractivity contribution < 1.29 is 4.79 Å². The van der Waals surface area contributed by atoms with Crippen LogP contribution in [0.1, 0.15) is 42.1 Å². The van der Waals surface area contributed by atoms with Crippen molar-refractivity contribution in [2.75, 3.05) is 0 Å². The zero-order valence-corrected chi connectivity index (χ0v) is 14.2. The second kappa shape index (κ2) is 5.45. The van der Waals surface area contributed by atoms with Crippen molar-refractivity contribution >= 4 is 22.2 Å². The minimum atomic E-state index is 0.227. The van der Waals surface area contributed by atoms with Gasteiger partial charge in [-0.15, -0.1) is 11.3 Å². The molecule has 0 spiro atoms. The summed E-state index contributed by atoms with van der Waals surface area (Å²) < 4.78 is 2.00. The van der Waals surface area contributed by atoms with E-state index in [1.165, 1.54) is 11.1 Å². The molecule has 2 aliphatic carbocycles. The molecule has 122 valence electrons. The van der Waals surface area contributed by atoms with Crippen molar-refractivity contribution in [3.63, 3.8) is 0 Å². The number of rotatable bonds is 4. The lowest BCUT2D eigenvalue weighted by atomic mass is 10.1. The molecule has 4 nitrogen and oxygen atoms in total. The number of fused-ring (bicyclic) bond motifs is 2. The Kier molecular flexibility index (Phi) is 3.23. The molecule has 3 aromatic rings. The van der Waals surface area contributed by atoms with Gasteiger partial charge in [-0.1, -0.05) is 24.3 Å². The minimum Gasteiger partial charge on any atom is -0.332 e. The van der Waals surface area contributed by atoms with E-state index >= 15 is 0 Å². The lowest BCUT2D eigenvalue weighted by Crippen LogP contribution is -2.37. The molecule has 5 rings (SSSR count). The fourth-order valence-electron chi connectivity index (χ4n) is 3.92. The summed E-state index contributed by atoms with van der Waals surface area (Å²) in [5, 5.41) is 2.01. The van der Waals surface area contributed by atoms with Crippen LogP contribution >= 0.6 is 11.3 Å². The maximum absolute atomic E-state index is 13.1. The lowest BCUT2D eigenvalue weighted by molar-refractivity contribution is -0.133. The van der Waals surface area contributed by atoms with Crippen LogP contribution in [0.3, 0.4) is 0 Å². The summed E-state index contributed by atoms with van der Waals surface area (Å²) in [5.74, 6) is 0.227. The standard InChI is InChI=1S/C19H19N3OS/c23-18(11-14-12-21-9-10-24-19(21)20-14)22(15-6-7-15)17-8-5-13-3-1-2-4-16(13)17/h1-4,9-10,12,15,17H,5-8,11H2. The first-order valence-electron chi connectivity index (χ1n) is 8.59. The van der Waals surface area contributed by atoms with Crippen molar-refractivity contribution in [3.8, 4) is 0 Å². The normalized spacial score (nSPS) is 19.6. The predicted octanol–water partition coefficient (Wildman–Crippen LogP) is 3.62. The van der Waals surface area contributed by atoms with Crippen LogP contribution < -0.4 is 0 Å². The Morgan fingerprint density at radius 2 is 2.17 bits per heavy atom. The molecular weight excluding hydrogens is 318 g/mol. The first kappa shape index (κ1) is 14.2. The topological polar surface area (TPSA) is 37.6 Å². The van der Waals surface area contributed by atoms with Crippen molar-refractivity contribution in [1.29, 1.82) is 0 Å². The number of amides is 1. The van der Waals surface area contributed by atoms with Gasteiger partial charge in [-0.2, -0.15) is 0 Å². The third-order valence-electron chi connectivity index (χ3n) is 5.14. The molecule has 24 heavy (non-hydrogen) atoms. The molecule has 2 heterocycles. The zero-order chi connectivity index (χ0) is 16.1. The molecule has 1 unspecified atom stereocenters. The second-order valence-corrected chi connectivity index (χ2v) is 7.66. The molecule has 1 amide bonds. The van der Waals surface area contributed by atoms with Gasteiger partial charge in [0.1, 0.15) is 0 Å². The van der Waals surface area contributed by atoms with Crippen LogP contribution in [0.5, 0.6) is 0 Å². The molecule has 5 heteroatoms. The van der Waals surface area contributed by atoms with Crippen LogP contribution in [0.2, 0.25) is 0 Å². The van der Waals surface area contributed by atoms with Gasteiger partial charge in [0.25, 0.3) is 0 Å². The summed E-state index contributed by atoms with van der Waals surface area (Å²) in [6, 6.07) is 9.28. The molecule has 0 aliphatic heterocycles. The van der Waals surface area contributed by atoms with Gasteiger partial charge in [-0.05, 0) is 36.8 Å². The van der Waals surface area contributed by atoms with E-state index in [1.54, 1.807) is 11.3 Å². The Morgan fingerprint density at radius 3 is 3.00 bits per heavy atom. The third kappa shape index (κ3) is 2.35. The molecule has 1 saturated carbocycles. The molecule has 2 aliphatic rings. The van der Waals surface area contributed by atoms with E-state index < -0.39 is 0 Å². The smallest absolute Gasteiger partial charge is 0.229 e. The van der Waals surface area contributed by atoms with Gasteiger partial charge in [0, 0.05) is 23.8 Å². The highest BCUT2D eigenvalue weighted by Crippen LogP contribution is 2.42. The highest BCUT2D eigenvalue weighted by Gasteiger charge is 2.40. The number of hydrogen-bond donors (Lipinski definition) is 0. The van der Waals surface area contributed by atoms with Crippen molar-refractivity contribution in [2.45, 2.75) is 44.2 Å². The molecule has 2 aromatic heterocycles. The van der Waals surface area contributed by atoms with Gasteiger partial charge in [0.15, 0.2) is 4.96 Å². The Labute approximate surface area is 144 Å². The van der Waals surface area contributed by atoms with E-state index in [1.807, 2.05) is 22.2 Å². The van der Waals surface area contributed by atoms with Crippen LogP contribution in [0.25, 0.3) is 4.96 Å². The third-order valence-corrected chi connectivity index (χ3v) is 5.91. The van der Waals surface area contributed by atoms with Crippen LogP contribution in [0, 0.1) is 0 Å². The number of benzene rings is 1. The fourth-order valence-corrected chi connectivity index (χ4v) is 4.63. The van der Waals surface area contributed by atoms with Gasteiger partial charge in [0.05, 0.1) is 18.2 Å². The zero-order valence-electron chi connectivity index (χ0n) is 13.4. The van der Waals surface area contributed by atoms with Crippen LogP contribution in [0.4, 0.5) is 0 Å². The number of imidazole rings is 1. The van der Waals surface area contributed by atoms with E-state index in [9.17, 15) is 4.79 Å². The van der Waals surface area contributed by atoms with E-state index in [-0.39, 0.29) is 11.9 Å². The molecule has 1 aromatic carbocycles. The van der Waals surface area contributed by atoms with Crippen LogP contribution in [-0.2, 0) is 17.6 Å². The number of hydrogen-bond acceptors (Lipinski definition) is 3. The average molecular weight is 337 g/mol. The first-order valence-corrected chi connectivity index (χ1v) is 9.47. The Hall–Kier alpha value is -2.14. The molecule has 0 saturated heterocycles. The van der Waals surface area contributed by atoms with Crippen molar-refractivity contribution in [1.82, 2.24) is 14.3 Å². The van der Waals surface area contributed by atoms with Crippen molar-refractivity contribution in [2.24, 2.45) is 0 Å². The number of aryl methyl sites for hydroxylation is 1. The highest BCUT2D eigenvalue weighted by atomic mass is 32.1. The second-order valence-electron chi connectivity index (χ2n) is 6.79. The fraction of sp³-hybridized carbons (Fsp3) is 0.368.